The average molecular weight is 314 g/mol. The number of nitrogens with zero attached hydrogens (tertiary/aromatic N) is 1. The molecular weight excluding hydrogens is 296 g/mol. The number of hydrazine groups is 1. The Morgan fingerprint density at radius 1 is 1.13 bits per heavy atom. The minimum atomic E-state index is -0.370. The van der Waals surface area contributed by atoms with E-state index in [2.05, 4.69) is 5.43 Å². The van der Waals surface area contributed by atoms with Crippen LogP contribution in [0.1, 0.15) is 27.6 Å². The molecule has 1 heterocycles. The van der Waals surface area contributed by atoms with Crippen LogP contribution in [-0.2, 0) is 4.74 Å². The molecule has 0 saturated heterocycles. The lowest BCUT2D eigenvalue weighted by Crippen LogP contribution is -2.43. The standard InChI is InChI=1S/C17H18N2O4/c1-3-23-9-8-18-19-16(20)13-10-14(22-2)11-6-4-5-7-12(11)15(13)17(19)21/h4-7,10,18H,3,8-9H2,1-2H3. The molecule has 0 bridgehead atoms. The third kappa shape index (κ3) is 2.56. The Kier molecular flexibility index (Phi) is 4.27. The van der Waals surface area contributed by atoms with E-state index in [9.17, 15) is 9.59 Å². The lowest BCUT2D eigenvalue weighted by Gasteiger charge is -2.14. The zero-order valence-electron chi connectivity index (χ0n) is 13.1. The van der Waals surface area contributed by atoms with Crippen LogP contribution in [0.15, 0.2) is 30.3 Å². The van der Waals surface area contributed by atoms with E-state index in [0.717, 1.165) is 10.4 Å². The number of nitrogens with one attached hydrogen (secondary N) is 1. The second-order valence-electron chi connectivity index (χ2n) is 5.10. The van der Waals surface area contributed by atoms with Crippen molar-refractivity contribution in [2.75, 3.05) is 26.9 Å². The monoisotopic (exact) mass is 314 g/mol. The quantitative estimate of drug-likeness (QED) is 0.652. The summed E-state index contributed by atoms with van der Waals surface area (Å²) in [5, 5.41) is 2.58. The number of benzene rings is 2. The van der Waals surface area contributed by atoms with Crippen LogP contribution in [0.5, 0.6) is 5.75 Å². The molecule has 2 aromatic rings. The number of fused-ring (bicyclic) bond motifs is 3. The number of rotatable bonds is 6. The number of imide groups is 1. The Hall–Kier alpha value is -2.44. The summed E-state index contributed by atoms with van der Waals surface area (Å²) >= 11 is 0. The molecule has 0 aliphatic carbocycles. The number of hydrogen-bond acceptors (Lipinski definition) is 5. The molecule has 1 N–H and O–H groups in total. The van der Waals surface area contributed by atoms with Gasteiger partial charge in [-0.05, 0) is 18.4 Å². The fourth-order valence-corrected chi connectivity index (χ4v) is 2.75. The molecule has 0 atom stereocenters. The van der Waals surface area contributed by atoms with Crippen LogP contribution in [0.2, 0.25) is 0 Å². The first kappa shape index (κ1) is 15.5. The van der Waals surface area contributed by atoms with Crippen molar-refractivity contribution in [3.8, 4) is 5.75 Å². The third-order valence-electron chi connectivity index (χ3n) is 3.80. The van der Waals surface area contributed by atoms with Gasteiger partial charge in [-0.1, -0.05) is 24.3 Å². The summed E-state index contributed by atoms with van der Waals surface area (Å²) < 4.78 is 10.6. The van der Waals surface area contributed by atoms with Crippen molar-refractivity contribution in [2.45, 2.75) is 6.92 Å². The molecule has 2 amide bonds. The van der Waals surface area contributed by atoms with Crippen LogP contribution in [0.4, 0.5) is 0 Å². The van der Waals surface area contributed by atoms with Gasteiger partial charge in [0.2, 0.25) is 0 Å². The van der Waals surface area contributed by atoms with Gasteiger partial charge in [0.05, 0.1) is 24.8 Å². The van der Waals surface area contributed by atoms with Gasteiger partial charge in [-0.3, -0.25) is 9.59 Å². The zero-order chi connectivity index (χ0) is 16.4. The highest BCUT2D eigenvalue weighted by Crippen LogP contribution is 2.35. The average Bonchev–Trinajstić information content (AvgIpc) is 2.82. The molecule has 1 aliphatic rings. The highest BCUT2D eigenvalue weighted by molar-refractivity contribution is 6.26. The van der Waals surface area contributed by atoms with E-state index in [4.69, 9.17) is 9.47 Å². The summed E-state index contributed by atoms with van der Waals surface area (Å²) in [7, 11) is 1.55. The molecule has 0 spiro atoms. The van der Waals surface area contributed by atoms with E-state index >= 15 is 0 Å². The van der Waals surface area contributed by atoms with Gasteiger partial charge < -0.3 is 9.47 Å². The molecule has 3 rings (SSSR count). The van der Waals surface area contributed by atoms with E-state index in [1.54, 1.807) is 13.2 Å². The van der Waals surface area contributed by atoms with E-state index < -0.39 is 0 Å². The molecule has 0 fully saturated rings. The summed E-state index contributed by atoms with van der Waals surface area (Å²) in [4.78, 5) is 25.2. The summed E-state index contributed by atoms with van der Waals surface area (Å²) in [5.41, 5.74) is 3.60. The van der Waals surface area contributed by atoms with Crippen molar-refractivity contribution >= 4 is 22.6 Å². The van der Waals surface area contributed by atoms with E-state index in [-0.39, 0.29) is 11.8 Å². The van der Waals surface area contributed by atoms with E-state index in [1.807, 2.05) is 31.2 Å². The van der Waals surface area contributed by atoms with Gasteiger partial charge in [-0.15, -0.1) is 0 Å². The Bertz CT molecular complexity index is 773. The van der Waals surface area contributed by atoms with Crippen LogP contribution >= 0.6 is 0 Å². The van der Waals surface area contributed by atoms with Crippen molar-refractivity contribution in [3.63, 3.8) is 0 Å². The number of methoxy groups -OCH3 is 1. The second-order valence-corrected chi connectivity index (χ2v) is 5.10. The van der Waals surface area contributed by atoms with Crippen LogP contribution in [0, 0.1) is 0 Å². The maximum absolute atomic E-state index is 12.6. The van der Waals surface area contributed by atoms with Gasteiger partial charge in [0.1, 0.15) is 5.75 Å². The Balaban J connectivity index is 2.00. The number of ether oxygens (including phenoxy) is 2. The second kappa shape index (κ2) is 6.36. The van der Waals surface area contributed by atoms with Crippen molar-refractivity contribution in [1.29, 1.82) is 0 Å². The van der Waals surface area contributed by atoms with Gasteiger partial charge >= 0.3 is 0 Å². The van der Waals surface area contributed by atoms with Gasteiger partial charge in [-0.25, -0.2) is 10.4 Å². The molecule has 120 valence electrons. The van der Waals surface area contributed by atoms with E-state index in [1.165, 1.54) is 0 Å². The number of hydrogen-bond donors (Lipinski definition) is 1. The van der Waals surface area contributed by atoms with Crippen LogP contribution in [0.25, 0.3) is 10.8 Å². The number of carbonyl (C=O) groups is 2. The summed E-state index contributed by atoms with van der Waals surface area (Å²) in [6.45, 7) is 3.29. The number of carbonyl (C=O) groups excluding carboxylic acids is 2. The van der Waals surface area contributed by atoms with Crippen molar-refractivity contribution in [2.24, 2.45) is 0 Å². The lowest BCUT2D eigenvalue weighted by molar-refractivity contribution is 0.0534. The van der Waals surface area contributed by atoms with Crippen LogP contribution in [-0.4, -0.2) is 43.7 Å². The normalized spacial score (nSPS) is 13.7. The van der Waals surface area contributed by atoms with Crippen molar-refractivity contribution in [3.05, 3.63) is 41.5 Å². The first-order valence-corrected chi connectivity index (χ1v) is 7.48. The molecule has 0 radical (unpaired) electrons. The van der Waals surface area contributed by atoms with Crippen LogP contribution in [0.3, 0.4) is 0 Å². The first-order valence-electron chi connectivity index (χ1n) is 7.48. The van der Waals surface area contributed by atoms with Gasteiger partial charge in [-0.2, -0.15) is 0 Å². The maximum Gasteiger partial charge on any atom is 0.276 e. The van der Waals surface area contributed by atoms with Gasteiger partial charge in [0.15, 0.2) is 0 Å². The highest BCUT2D eigenvalue weighted by Gasteiger charge is 2.38. The summed E-state index contributed by atoms with van der Waals surface area (Å²) in [5.74, 6) is -0.137. The van der Waals surface area contributed by atoms with Gasteiger partial charge in [0, 0.05) is 18.5 Å². The maximum atomic E-state index is 12.6. The molecule has 6 nitrogen and oxygen atoms in total. The van der Waals surface area contributed by atoms with Gasteiger partial charge in [0.25, 0.3) is 11.8 Å². The Labute approximate surface area is 133 Å². The highest BCUT2D eigenvalue weighted by atomic mass is 16.5. The summed E-state index contributed by atoms with van der Waals surface area (Å²) in [6.07, 6.45) is 0. The first-order chi connectivity index (χ1) is 11.2. The largest absolute Gasteiger partial charge is 0.496 e. The predicted octanol–water partition coefficient (Wildman–Crippen LogP) is 1.99. The van der Waals surface area contributed by atoms with Crippen LogP contribution < -0.4 is 10.2 Å². The summed E-state index contributed by atoms with van der Waals surface area (Å²) in [6, 6.07) is 9.03. The SMILES string of the molecule is CCOCCNN1C(=O)c2cc(OC)c3ccccc3c2C1=O. The van der Waals surface area contributed by atoms with Crippen molar-refractivity contribution in [1.82, 2.24) is 10.4 Å². The minimum absolute atomic E-state index is 0.347. The molecule has 23 heavy (non-hydrogen) atoms. The Morgan fingerprint density at radius 2 is 1.87 bits per heavy atom. The molecule has 1 aliphatic heterocycles. The number of amides is 2. The zero-order valence-corrected chi connectivity index (χ0v) is 13.1. The smallest absolute Gasteiger partial charge is 0.276 e. The topological polar surface area (TPSA) is 67.9 Å². The predicted molar refractivity (Wildman–Crippen MR) is 85.5 cm³/mol. The molecule has 0 saturated carbocycles. The Morgan fingerprint density at radius 3 is 2.57 bits per heavy atom. The molecule has 0 aromatic heterocycles. The molecule has 2 aromatic carbocycles. The third-order valence-corrected chi connectivity index (χ3v) is 3.80. The fraction of sp³-hybridized carbons (Fsp3) is 0.294. The van der Waals surface area contributed by atoms with Crippen molar-refractivity contribution < 1.29 is 19.1 Å². The molecule has 6 heteroatoms. The van der Waals surface area contributed by atoms with E-state index in [0.29, 0.717) is 42.0 Å². The molecule has 0 unspecified atom stereocenters. The minimum Gasteiger partial charge on any atom is -0.496 e. The lowest BCUT2D eigenvalue weighted by atomic mass is 9.99. The molecular formula is C17H18N2O4. The fourth-order valence-electron chi connectivity index (χ4n) is 2.75.